The van der Waals surface area contributed by atoms with Crippen LogP contribution in [0.4, 0.5) is 0 Å². The lowest BCUT2D eigenvalue weighted by Gasteiger charge is -2.26. The monoisotopic (exact) mass is 438 g/mol. The number of benzene rings is 2. The van der Waals surface area contributed by atoms with Crippen molar-refractivity contribution in [2.45, 2.75) is 11.8 Å². The van der Waals surface area contributed by atoms with Crippen LogP contribution in [0, 0.1) is 6.92 Å². The summed E-state index contributed by atoms with van der Waals surface area (Å²) in [6.07, 6.45) is 0. The maximum Gasteiger partial charge on any atom is 0.251 e. The first-order valence-corrected chi connectivity index (χ1v) is 11.1. The molecular formula is C20H23ClN2O5S. The zero-order valence-corrected chi connectivity index (χ0v) is 17.6. The van der Waals surface area contributed by atoms with E-state index in [-0.39, 0.29) is 24.0 Å². The lowest BCUT2D eigenvalue weighted by Crippen LogP contribution is -2.40. The molecule has 1 aliphatic heterocycles. The van der Waals surface area contributed by atoms with E-state index in [1.165, 1.54) is 16.4 Å². The van der Waals surface area contributed by atoms with Gasteiger partial charge in [-0.2, -0.15) is 4.31 Å². The normalized spacial score (nSPS) is 15.1. The molecule has 1 N–H and O–H groups in total. The van der Waals surface area contributed by atoms with Crippen LogP contribution in [0.1, 0.15) is 15.9 Å². The molecule has 9 heteroatoms. The lowest BCUT2D eigenvalue weighted by atomic mass is 10.1. The summed E-state index contributed by atoms with van der Waals surface area (Å²) in [5, 5.41) is 3.25. The fourth-order valence-corrected chi connectivity index (χ4v) is 4.55. The van der Waals surface area contributed by atoms with Crippen molar-refractivity contribution in [2.24, 2.45) is 0 Å². The van der Waals surface area contributed by atoms with Crippen LogP contribution in [-0.2, 0) is 14.8 Å². The maximum atomic E-state index is 12.8. The fraction of sp³-hybridized carbons (Fsp3) is 0.350. The molecule has 156 valence electrons. The van der Waals surface area contributed by atoms with Gasteiger partial charge in [-0.1, -0.05) is 29.8 Å². The van der Waals surface area contributed by atoms with E-state index in [9.17, 15) is 13.2 Å². The maximum absolute atomic E-state index is 12.8. The van der Waals surface area contributed by atoms with Crippen LogP contribution in [0.25, 0.3) is 0 Å². The van der Waals surface area contributed by atoms with Crippen LogP contribution in [0.3, 0.4) is 0 Å². The Morgan fingerprint density at radius 2 is 1.93 bits per heavy atom. The number of nitrogens with zero attached hydrogens (tertiary/aromatic N) is 1. The number of sulfonamides is 1. The van der Waals surface area contributed by atoms with Gasteiger partial charge in [-0.3, -0.25) is 4.79 Å². The van der Waals surface area contributed by atoms with Gasteiger partial charge in [0.2, 0.25) is 10.0 Å². The zero-order chi connectivity index (χ0) is 20.9. The summed E-state index contributed by atoms with van der Waals surface area (Å²) >= 11 is 6.03. The summed E-state index contributed by atoms with van der Waals surface area (Å²) in [4.78, 5) is 12.7. The number of nitrogens with one attached hydrogen (secondary N) is 1. The molecule has 0 radical (unpaired) electrons. The van der Waals surface area contributed by atoms with Crippen LogP contribution >= 0.6 is 11.6 Å². The van der Waals surface area contributed by atoms with E-state index in [4.69, 9.17) is 21.1 Å². The average molecular weight is 439 g/mol. The number of rotatable bonds is 7. The lowest BCUT2D eigenvalue weighted by molar-refractivity contribution is 0.0730. The molecule has 1 fully saturated rings. The summed E-state index contributed by atoms with van der Waals surface area (Å²) in [6.45, 7) is 3.59. The first kappa shape index (κ1) is 21.6. The van der Waals surface area contributed by atoms with Gasteiger partial charge in [0.05, 0.1) is 29.7 Å². The predicted octanol–water partition coefficient (Wildman–Crippen LogP) is 2.48. The highest BCUT2D eigenvalue weighted by Gasteiger charge is 2.27. The number of ether oxygens (including phenoxy) is 2. The van der Waals surface area contributed by atoms with Crippen molar-refractivity contribution in [3.63, 3.8) is 0 Å². The number of hydrogen-bond acceptors (Lipinski definition) is 5. The number of aryl methyl sites for hydroxylation is 1. The molecule has 0 saturated carbocycles. The molecular weight excluding hydrogens is 416 g/mol. The average Bonchev–Trinajstić information content (AvgIpc) is 2.73. The third-order valence-electron chi connectivity index (χ3n) is 4.54. The van der Waals surface area contributed by atoms with Gasteiger partial charge in [-0.15, -0.1) is 0 Å². The quantitative estimate of drug-likeness (QED) is 0.671. The highest BCUT2D eigenvalue weighted by atomic mass is 35.5. The molecule has 3 rings (SSSR count). The van der Waals surface area contributed by atoms with Crippen molar-refractivity contribution >= 4 is 27.5 Å². The van der Waals surface area contributed by atoms with E-state index < -0.39 is 10.0 Å². The van der Waals surface area contributed by atoms with Gasteiger partial charge in [0.15, 0.2) is 0 Å². The van der Waals surface area contributed by atoms with E-state index in [1.54, 1.807) is 31.2 Å². The molecule has 1 aliphatic rings. The van der Waals surface area contributed by atoms with Gasteiger partial charge in [0.1, 0.15) is 12.4 Å². The first-order chi connectivity index (χ1) is 13.9. The number of morpholine rings is 1. The molecule has 1 saturated heterocycles. The Labute approximate surface area is 175 Å². The van der Waals surface area contributed by atoms with Crippen LogP contribution in [0.2, 0.25) is 5.02 Å². The van der Waals surface area contributed by atoms with Gasteiger partial charge in [-0.05, 0) is 36.8 Å². The van der Waals surface area contributed by atoms with Gasteiger partial charge >= 0.3 is 0 Å². The Balaban J connectivity index is 1.64. The molecule has 7 nitrogen and oxygen atoms in total. The summed E-state index contributed by atoms with van der Waals surface area (Å²) in [5.41, 5.74) is 1.01. The first-order valence-electron chi connectivity index (χ1n) is 9.23. The molecule has 0 atom stereocenters. The topological polar surface area (TPSA) is 84.9 Å². The summed E-state index contributed by atoms with van der Waals surface area (Å²) < 4.78 is 37.8. The Bertz CT molecular complexity index is 975. The SMILES string of the molecule is Cc1ccc(S(=O)(=O)N2CCOCC2)cc1C(=O)NCCOc1ccccc1Cl. The second-order valence-electron chi connectivity index (χ2n) is 6.53. The third kappa shape index (κ3) is 5.27. The molecule has 0 aromatic heterocycles. The minimum atomic E-state index is -3.67. The van der Waals surface area contributed by atoms with E-state index >= 15 is 0 Å². The molecule has 0 unspecified atom stereocenters. The number of hydrogen-bond donors (Lipinski definition) is 1. The highest BCUT2D eigenvalue weighted by molar-refractivity contribution is 7.89. The molecule has 1 heterocycles. The largest absolute Gasteiger partial charge is 0.490 e. The fourth-order valence-electron chi connectivity index (χ4n) is 2.92. The second-order valence-corrected chi connectivity index (χ2v) is 8.87. The molecule has 29 heavy (non-hydrogen) atoms. The zero-order valence-electron chi connectivity index (χ0n) is 16.1. The van der Waals surface area contributed by atoms with Crippen molar-refractivity contribution in [3.8, 4) is 5.75 Å². The number of carbonyl (C=O) groups excluding carboxylic acids is 1. The second kappa shape index (κ2) is 9.58. The van der Waals surface area contributed by atoms with Gasteiger partial charge in [-0.25, -0.2) is 8.42 Å². The van der Waals surface area contributed by atoms with Crippen LogP contribution in [0.15, 0.2) is 47.4 Å². The summed E-state index contributed by atoms with van der Waals surface area (Å²) in [6, 6.07) is 11.7. The smallest absolute Gasteiger partial charge is 0.251 e. The van der Waals surface area contributed by atoms with E-state index in [2.05, 4.69) is 5.32 Å². The van der Waals surface area contributed by atoms with E-state index in [0.29, 0.717) is 48.2 Å². The Kier molecular flexibility index (Phi) is 7.13. The molecule has 0 bridgehead atoms. The highest BCUT2D eigenvalue weighted by Crippen LogP contribution is 2.23. The molecule has 2 aromatic carbocycles. The third-order valence-corrected chi connectivity index (χ3v) is 6.75. The van der Waals surface area contributed by atoms with Gasteiger partial charge < -0.3 is 14.8 Å². The van der Waals surface area contributed by atoms with Gasteiger partial charge in [0.25, 0.3) is 5.91 Å². The predicted molar refractivity (Wildman–Crippen MR) is 110 cm³/mol. The summed E-state index contributed by atoms with van der Waals surface area (Å²) in [5.74, 6) is 0.183. The van der Waals surface area contributed by atoms with Crippen LogP contribution in [-0.4, -0.2) is 58.1 Å². The van der Waals surface area contributed by atoms with Gasteiger partial charge in [0, 0.05) is 18.7 Å². The Morgan fingerprint density at radius 3 is 2.66 bits per heavy atom. The van der Waals surface area contributed by atoms with Crippen LogP contribution in [0.5, 0.6) is 5.75 Å². The number of halogens is 1. The Morgan fingerprint density at radius 1 is 1.21 bits per heavy atom. The Hall–Kier alpha value is -2.13. The van der Waals surface area contributed by atoms with E-state index in [0.717, 1.165) is 0 Å². The number of amides is 1. The molecule has 0 aliphatic carbocycles. The minimum absolute atomic E-state index is 0.0995. The van der Waals surface area contributed by atoms with Crippen molar-refractivity contribution < 1.29 is 22.7 Å². The molecule has 1 amide bonds. The van der Waals surface area contributed by atoms with Crippen molar-refractivity contribution in [1.82, 2.24) is 9.62 Å². The summed E-state index contributed by atoms with van der Waals surface area (Å²) in [7, 11) is -3.67. The number of carbonyl (C=O) groups is 1. The van der Waals surface area contributed by atoms with E-state index in [1.807, 2.05) is 6.07 Å². The van der Waals surface area contributed by atoms with Crippen molar-refractivity contribution in [2.75, 3.05) is 39.5 Å². The molecule has 0 spiro atoms. The number of para-hydroxylation sites is 1. The standard InChI is InChI=1S/C20H23ClN2O5S/c1-15-6-7-16(29(25,26)23-9-12-27-13-10-23)14-17(15)20(24)22-8-11-28-19-5-3-2-4-18(19)21/h2-7,14H,8-13H2,1H3,(H,22,24). The molecule has 2 aromatic rings. The van der Waals surface area contributed by atoms with Crippen LogP contribution < -0.4 is 10.1 Å². The minimum Gasteiger partial charge on any atom is -0.490 e. The van der Waals surface area contributed by atoms with Crippen molar-refractivity contribution in [3.05, 3.63) is 58.6 Å². The van der Waals surface area contributed by atoms with Crippen molar-refractivity contribution in [1.29, 1.82) is 0 Å².